The van der Waals surface area contributed by atoms with E-state index in [0.29, 0.717) is 32.1 Å². The third-order valence-electron chi connectivity index (χ3n) is 15.4. The summed E-state index contributed by atoms with van der Waals surface area (Å²) in [7, 11) is 0. The van der Waals surface area contributed by atoms with Crippen LogP contribution in [-0.4, -0.2) is 161 Å². The third-order valence-corrected chi connectivity index (χ3v) is 15.4. The van der Waals surface area contributed by atoms with Crippen LogP contribution in [0.25, 0.3) is 0 Å². The summed E-state index contributed by atoms with van der Waals surface area (Å²) in [6, 6.07) is 0. The molecule has 11 N–H and O–H groups in total. The van der Waals surface area contributed by atoms with Crippen LogP contribution in [0.3, 0.4) is 0 Å². The highest BCUT2D eigenvalue weighted by molar-refractivity contribution is 5.14. The first kappa shape index (κ1) is 43.0. The number of hydrogen-bond acceptors (Lipinski definition) is 15. The summed E-state index contributed by atoms with van der Waals surface area (Å²) in [4.78, 5) is 0. The van der Waals surface area contributed by atoms with Gasteiger partial charge in [0.05, 0.1) is 43.7 Å². The highest BCUT2D eigenvalue weighted by Crippen LogP contribution is 2.69. The van der Waals surface area contributed by atoms with E-state index < -0.39 is 99.0 Å². The van der Waals surface area contributed by atoms with Gasteiger partial charge < -0.3 is 75.1 Å². The Morgan fingerprint density at radius 2 is 1.20 bits per heavy atom. The zero-order chi connectivity index (χ0) is 39.6. The summed E-state index contributed by atoms with van der Waals surface area (Å²) in [5.74, 6) is -0.0969. The molecule has 0 amide bonds. The molecule has 0 bridgehead atoms. The molecule has 2 saturated heterocycles. The van der Waals surface area contributed by atoms with Crippen LogP contribution in [0.2, 0.25) is 0 Å². The molecule has 6 aliphatic rings. The van der Waals surface area contributed by atoms with E-state index in [0.717, 1.165) is 19.3 Å². The normalized spacial score (nSPS) is 52.6. The van der Waals surface area contributed by atoms with Gasteiger partial charge in [-0.2, -0.15) is 0 Å². The molecule has 2 aliphatic heterocycles. The molecular formula is C39H68O15. The van der Waals surface area contributed by atoms with Gasteiger partial charge in [-0.25, -0.2) is 0 Å². The minimum Gasteiger partial charge on any atom is -0.394 e. The second kappa shape index (κ2) is 16.6. The van der Waals surface area contributed by atoms with E-state index in [9.17, 15) is 56.2 Å². The van der Waals surface area contributed by atoms with E-state index in [1.54, 1.807) is 0 Å². The fraction of sp³-hybridized carbons (Fsp3) is 1.00. The minimum absolute atomic E-state index is 0.0845. The predicted octanol–water partition coefficient (Wildman–Crippen LogP) is -1.000. The van der Waals surface area contributed by atoms with Gasteiger partial charge in [0.1, 0.15) is 48.8 Å². The Morgan fingerprint density at radius 3 is 1.76 bits per heavy atom. The maximum atomic E-state index is 12.0. The van der Waals surface area contributed by atoms with Crippen LogP contribution in [0.5, 0.6) is 0 Å². The van der Waals surface area contributed by atoms with Crippen molar-refractivity contribution >= 4 is 0 Å². The zero-order valence-electron chi connectivity index (χ0n) is 32.3. The zero-order valence-corrected chi connectivity index (χ0v) is 32.3. The molecule has 23 atom stereocenters. The SMILES string of the molecule is CC(C)C(O)C(O)CC(C)C1C(OC2OC(CO)C(O)C(O)C2O)CC2C3CC(O)C4CC(OC5OC(CO)C(O)C(O)C5O)CCC4(C)C3CCC21C. The lowest BCUT2D eigenvalue weighted by Crippen LogP contribution is -2.61. The van der Waals surface area contributed by atoms with Crippen LogP contribution >= 0.6 is 0 Å². The molecule has 0 aromatic rings. The van der Waals surface area contributed by atoms with E-state index in [1.807, 2.05) is 20.8 Å². The van der Waals surface area contributed by atoms with E-state index >= 15 is 0 Å². The number of hydrogen-bond donors (Lipinski definition) is 11. The summed E-state index contributed by atoms with van der Waals surface area (Å²) in [5, 5.41) is 116. The highest BCUT2D eigenvalue weighted by Gasteiger charge is 2.65. The molecule has 15 nitrogen and oxygen atoms in total. The van der Waals surface area contributed by atoms with Crippen molar-refractivity contribution in [2.45, 2.75) is 178 Å². The second-order valence-corrected chi connectivity index (χ2v) is 18.7. The van der Waals surface area contributed by atoms with Gasteiger partial charge in [-0.3, -0.25) is 0 Å². The Kier molecular flexibility index (Phi) is 13.2. The first-order valence-electron chi connectivity index (χ1n) is 20.3. The molecule has 6 rings (SSSR count). The molecule has 314 valence electrons. The smallest absolute Gasteiger partial charge is 0.186 e. The molecule has 0 spiro atoms. The Bertz CT molecular complexity index is 1240. The lowest BCUT2D eigenvalue weighted by Gasteiger charge is -2.62. The van der Waals surface area contributed by atoms with Crippen LogP contribution in [0.4, 0.5) is 0 Å². The average Bonchev–Trinajstić information content (AvgIpc) is 3.43. The summed E-state index contributed by atoms with van der Waals surface area (Å²) in [6.45, 7) is 9.14. The number of ether oxygens (including phenoxy) is 4. The lowest BCUT2D eigenvalue weighted by atomic mass is 9.43. The number of aliphatic hydroxyl groups excluding tert-OH is 11. The molecule has 0 aromatic carbocycles. The Hall–Kier alpha value is -0.600. The minimum atomic E-state index is -1.59. The van der Waals surface area contributed by atoms with Crippen LogP contribution < -0.4 is 0 Å². The fourth-order valence-electron chi connectivity index (χ4n) is 12.4. The maximum Gasteiger partial charge on any atom is 0.186 e. The highest BCUT2D eigenvalue weighted by atomic mass is 16.7. The van der Waals surface area contributed by atoms with Gasteiger partial charge in [0, 0.05) is 0 Å². The summed E-state index contributed by atoms with van der Waals surface area (Å²) >= 11 is 0. The standard InChI is InChI=1S/C39H68O15/c1-16(2)29(44)24(43)10-17(3)28-25(52-37-35(50)33(48)31(46)27(15-41)54-37)13-21-19-12-23(42)22-11-18(6-8-38(22,4)20(19)7-9-39(21,28)5)51-36-34(49)32(47)30(45)26(14-40)53-36/h16-37,40-50H,6-15H2,1-5H3. The quantitative estimate of drug-likeness (QED) is 0.113. The van der Waals surface area contributed by atoms with Gasteiger partial charge in [0.25, 0.3) is 0 Å². The summed E-state index contributed by atoms with van der Waals surface area (Å²) in [5.41, 5.74) is -0.554. The molecule has 0 aromatic heterocycles. The lowest BCUT2D eigenvalue weighted by molar-refractivity contribution is -0.317. The van der Waals surface area contributed by atoms with Gasteiger partial charge in [-0.1, -0.05) is 34.6 Å². The predicted molar refractivity (Wildman–Crippen MR) is 190 cm³/mol. The van der Waals surface area contributed by atoms with Crippen molar-refractivity contribution in [1.82, 2.24) is 0 Å². The van der Waals surface area contributed by atoms with Crippen molar-refractivity contribution in [2.24, 2.45) is 52.3 Å². The molecule has 4 aliphatic carbocycles. The molecule has 4 saturated carbocycles. The molecule has 6 fully saturated rings. The number of rotatable bonds is 11. The van der Waals surface area contributed by atoms with Gasteiger partial charge in [0.2, 0.25) is 0 Å². The van der Waals surface area contributed by atoms with Crippen molar-refractivity contribution in [3.05, 3.63) is 0 Å². The van der Waals surface area contributed by atoms with Crippen LogP contribution in [0.15, 0.2) is 0 Å². The Morgan fingerprint density at radius 1 is 0.648 bits per heavy atom. The van der Waals surface area contributed by atoms with Gasteiger partial charge in [-0.05, 0) is 104 Å². The first-order chi connectivity index (χ1) is 25.4. The van der Waals surface area contributed by atoms with Crippen molar-refractivity contribution in [3.8, 4) is 0 Å². The molecule has 15 heteroatoms. The largest absolute Gasteiger partial charge is 0.394 e. The van der Waals surface area contributed by atoms with E-state index in [-0.39, 0.29) is 58.4 Å². The molecular weight excluding hydrogens is 708 g/mol. The van der Waals surface area contributed by atoms with Crippen molar-refractivity contribution in [3.63, 3.8) is 0 Å². The Labute approximate surface area is 318 Å². The average molecular weight is 777 g/mol. The topological polar surface area (TPSA) is 259 Å². The monoisotopic (exact) mass is 776 g/mol. The van der Waals surface area contributed by atoms with Gasteiger partial charge in [-0.15, -0.1) is 0 Å². The number of fused-ring (bicyclic) bond motifs is 5. The molecule has 54 heavy (non-hydrogen) atoms. The summed E-state index contributed by atoms with van der Waals surface area (Å²) < 4.78 is 24.2. The van der Waals surface area contributed by atoms with Crippen molar-refractivity contribution in [1.29, 1.82) is 0 Å². The van der Waals surface area contributed by atoms with Crippen LogP contribution in [-0.2, 0) is 18.9 Å². The van der Waals surface area contributed by atoms with Crippen LogP contribution in [0.1, 0.15) is 86.0 Å². The maximum absolute atomic E-state index is 12.0. The van der Waals surface area contributed by atoms with E-state index in [2.05, 4.69) is 13.8 Å². The molecule has 0 radical (unpaired) electrons. The summed E-state index contributed by atoms with van der Waals surface area (Å²) in [6.07, 6.45) is -12.3. The third kappa shape index (κ3) is 7.56. The van der Waals surface area contributed by atoms with Crippen molar-refractivity contribution in [2.75, 3.05) is 13.2 Å². The molecule has 23 unspecified atom stereocenters. The first-order valence-corrected chi connectivity index (χ1v) is 20.3. The second-order valence-electron chi connectivity index (χ2n) is 18.7. The van der Waals surface area contributed by atoms with Crippen LogP contribution in [0, 0.1) is 52.3 Å². The molecule has 2 heterocycles. The van der Waals surface area contributed by atoms with Gasteiger partial charge in [0.15, 0.2) is 12.6 Å². The van der Waals surface area contributed by atoms with Crippen molar-refractivity contribution < 1.29 is 75.1 Å². The fourth-order valence-corrected chi connectivity index (χ4v) is 12.4. The number of aliphatic hydroxyl groups is 11. The van der Waals surface area contributed by atoms with Gasteiger partial charge >= 0.3 is 0 Å². The van der Waals surface area contributed by atoms with E-state index in [4.69, 9.17) is 18.9 Å². The van der Waals surface area contributed by atoms with E-state index in [1.165, 1.54) is 0 Å². The Balaban J connectivity index is 1.22.